The van der Waals surface area contributed by atoms with Gasteiger partial charge in [-0.2, -0.15) is 5.26 Å². The molecule has 0 aromatic carbocycles. The molecule has 1 heterocycles. The molecule has 6 nitrogen and oxygen atoms in total. The van der Waals surface area contributed by atoms with Crippen LogP contribution in [0.3, 0.4) is 0 Å². The van der Waals surface area contributed by atoms with Crippen molar-refractivity contribution in [3.8, 4) is 6.07 Å². The van der Waals surface area contributed by atoms with Crippen molar-refractivity contribution in [3.05, 3.63) is 0 Å². The SMILES string of the molecule is CC(C#N)S(=O)(=O)N1CC(CC(=O)O)C1. The van der Waals surface area contributed by atoms with E-state index in [1.165, 1.54) is 6.92 Å². The molecule has 1 unspecified atom stereocenters. The number of hydrogen-bond acceptors (Lipinski definition) is 4. The molecule has 0 amide bonds. The molecule has 1 saturated heterocycles. The molecule has 0 saturated carbocycles. The predicted octanol–water partition coefficient (Wildman–Crippen LogP) is -0.365. The van der Waals surface area contributed by atoms with Gasteiger partial charge in [-0.1, -0.05) is 0 Å². The molecule has 0 spiro atoms. The van der Waals surface area contributed by atoms with E-state index in [0.717, 1.165) is 4.31 Å². The topological polar surface area (TPSA) is 98.5 Å². The first kappa shape index (κ1) is 11.9. The van der Waals surface area contributed by atoms with E-state index in [9.17, 15) is 13.2 Å². The van der Waals surface area contributed by atoms with Crippen molar-refractivity contribution in [3.63, 3.8) is 0 Å². The highest BCUT2D eigenvalue weighted by Crippen LogP contribution is 2.24. The number of nitriles is 1. The number of aliphatic carboxylic acids is 1. The lowest BCUT2D eigenvalue weighted by Gasteiger charge is -2.37. The van der Waals surface area contributed by atoms with Gasteiger partial charge in [-0.05, 0) is 12.8 Å². The third-order valence-corrected chi connectivity index (χ3v) is 4.39. The molecule has 1 fully saturated rings. The fraction of sp³-hybridized carbons (Fsp3) is 0.750. The molecule has 0 aliphatic carbocycles. The molecule has 0 bridgehead atoms. The Morgan fingerprint density at radius 1 is 1.67 bits per heavy atom. The minimum absolute atomic E-state index is 0.0209. The Morgan fingerprint density at radius 2 is 2.20 bits per heavy atom. The average Bonchev–Trinajstić information content (AvgIpc) is 2.08. The largest absolute Gasteiger partial charge is 0.481 e. The number of carbonyl (C=O) groups is 1. The van der Waals surface area contributed by atoms with Gasteiger partial charge in [-0.25, -0.2) is 12.7 Å². The van der Waals surface area contributed by atoms with Gasteiger partial charge in [0, 0.05) is 13.1 Å². The maximum Gasteiger partial charge on any atom is 0.303 e. The minimum Gasteiger partial charge on any atom is -0.481 e. The van der Waals surface area contributed by atoms with Crippen LogP contribution in [0.1, 0.15) is 13.3 Å². The van der Waals surface area contributed by atoms with E-state index in [1.807, 2.05) is 0 Å². The van der Waals surface area contributed by atoms with Crippen LogP contribution in [-0.2, 0) is 14.8 Å². The fourth-order valence-electron chi connectivity index (χ4n) is 1.40. The van der Waals surface area contributed by atoms with Gasteiger partial charge in [0.25, 0.3) is 0 Å². The smallest absolute Gasteiger partial charge is 0.303 e. The summed E-state index contributed by atoms with van der Waals surface area (Å²) in [6, 6.07) is 1.66. The standard InChI is InChI=1S/C8H12N2O4S/c1-6(3-9)15(13,14)10-4-7(5-10)2-8(11)12/h6-7H,2,4-5H2,1H3,(H,11,12). The zero-order chi connectivity index (χ0) is 11.6. The van der Waals surface area contributed by atoms with Crippen LogP contribution >= 0.6 is 0 Å². The van der Waals surface area contributed by atoms with Crippen molar-refractivity contribution in [2.45, 2.75) is 18.6 Å². The van der Waals surface area contributed by atoms with Gasteiger partial charge in [-0.3, -0.25) is 4.79 Å². The van der Waals surface area contributed by atoms with Crippen LogP contribution in [0.4, 0.5) is 0 Å². The summed E-state index contributed by atoms with van der Waals surface area (Å²) in [5.74, 6) is -1.05. The Bertz CT molecular complexity index is 391. The highest BCUT2D eigenvalue weighted by molar-refractivity contribution is 7.90. The summed E-state index contributed by atoms with van der Waals surface area (Å²) in [5.41, 5.74) is 0. The van der Waals surface area contributed by atoms with E-state index in [-0.39, 0.29) is 25.4 Å². The molecule has 1 atom stereocenters. The Morgan fingerprint density at radius 3 is 2.60 bits per heavy atom. The lowest BCUT2D eigenvalue weighted by atomic mass is 10.00. The van der Waals surface area contributed by atoms with Crippen molar-refractivity contribution < 1.29 is 18.3 Å². The predicted molar refractivity (Wildman–Crippen MR) is 51.3 cm³/mol. The van der Waals surface area contributed by atoms with Gasteiger partial charge in [0.15, 0.2) is 5.25 Å². The monoisotopic (exact) mass is 232 g/mol. The quantitative estimate of drug-likeness (QED) is 0.713. The van der Waals surface area contributed by atoms with E-state index in [1.54, 1.807) is 6.07 Å². The minimum atomic E-state index is -3.54. The third kappa shape index (κ3) is 2.46. The average molecular weight is 232 g/mol. The summed E-state index contributed by atoms with van der Waals surface area (Å²) in [4.78, 5) is 10.3. The molecule has 1 rings (SSSR count). The summed E-state index contributed by atoms with van der Waals surface area (Å²) in [6.07, 6.45) is -0.0209. The first-order valence-corrected chi connectivity index (χ1v) is 5.98. The normalized spacial score (nSPS) is 20.3. The summed E-state index contributed by atoms with van der Waals surface area (Å²) >= 11 is 0. The van der Waals surface area contributed by atoms with Crippen LogP contribution in [-0.4, -0.2) is 42.1 Å². The Hall–Kier alpha value is -1.13. The highest BCUT2D eigenvalue weighted by atomic mass is 32.2. The van der Waals surface area contributed by atoms with Gasteiger partial charge in [0.2, 0.25) is 10.0 Å². The van der Waals surface area contributed by atoms with Crippen molar-refractivity contribution in [1.82, 2.24) is 4.31 Å². The van der Waals surface area contributed by atoms with Crippen LogP contribution < -0.4 is 0 Å². The second-order valence-corrected chi connectivity index (χ2v) is 5.85. The second kappa shape index (κ2) is 4.16. The van der Waals surface area contributed by atoms with Crippen LogP contribution in [0.2, 0.25) is 0 Å². The zero-order valence-electron chi connectivity index (χ0n) is 8.25. The first-order chi connectivity index (χ1) is 6.87. The number of nitrogens with zero attached hydrogens (tertiary/aromatic N) is 2. The maximum absolute atomic E-state index is 11.5. The molecule has 0 aromatic rings. The molecular formula is C8H12N2O4S. The lowest BCUT2D eigenvalue weighted by Crippen LogP contribution is -2.52. The summed E-state index contributed by atoms with van der Waals surface area (Å²) < 4.78 is 24.2. The highest BCUT2D eigenvalue weighted by Gasteiger charge is 2.39. The van der Waals surface area contributed by atoms with E-state index in [0.29, 0.717) is 0 Å². The third-order valence-electron chi connectivity index (χ3n) is 2.38. The molecule has 1 aliphatic rings. The summed E-state index contributed by atoms with van der Waals surface area (Å²) in [5, 5.41) is 15.9. The van der Waals surface area contributed by atoms with Crippen LogP contribution in [0.15, 0.2) is 0 Å². The Labute approximate surface area is 88.2 Å². The molecule has 0 radical (unpaired) electrons. The molecule has 84 valence electrons. The zero-order valence-corrected chi connectivity index (χ0v) is 9.07. The number of carboxylic acids is 1. The molecular weight excluding hydrogens is 220 g/mol. The number of hydrogen-bond donors (Lipinski definition) is 1. The van der Waals surface area contributed by atoms with Crippen molar-refractivity contribution in [2.24, 2.45) is 5.92 Å². The van der Waals surface area contributed by atoms with Crippen LogP contribution in [0.5, 0.6) is 0 Å². The van der Waals surface area contributed by atoms with Crippen LogP contribution in [0, 0.1) is 17.2 Å². The molecule has 1 aliphatic heterocycles. The first-order valence-electron chi connectivity index (χ1n) is 4.48. The van der Waals surface area contributed by atoms with E-state index < -0.39 is 21.2 Å². The van der Waals surface area contributed by atoms with Gasteiger partial charge in [0.05, 0.1) is 12.5 Å². The van der Waals surface area contributed by atoms with E-state index in [4.69, 9.17) is 10.4 Å². The van der Waals surface area contributed by atoms with Gasteiger partial charge >= 0.3 is 5.97 Å². The summed E-state index contributed by atoms with van der Waals surface area (Å²) in [7, 11) is -3.54. The van der Waals surface area contributed by atoms with E-state index >= 15 is 0 Å². The Kier molecular flexibility index (Phi) is 3.31. The van der Waals surface area contributed by atoms with Gasteiger partial charge in [-0.15, -0.1) is 0 Å². The maximum atomic E-state index is 11.5. The fourth-order valence-corrected chi connectivity index (χ4v) is 2.81. The number of carboxylic acid groups (broad SMARTS) is 1. The van der Waals surface area contributed by atoms with Crippen molar-refractivity contribution in [1.29, 1.82) is 5.26 Å². The molecule has 1 N–H and O–H groups in total. The lowest BCUT2D eigenvalue weighted by molar-refractivity contribution is -0.139. The van der Waals surface area contributed by atoms with E-state index in [2.05, 4.69) is 0 Å². The van der Waals surface area contributed by atoms with Crippen molar-refractivity contribution >= 4 is 16.0 Å². The summed E-state index contributed by atoms with van der Waals surface area (Å²) in [6.45, 7) is 1.74. The Balaban J connectivity index is 2.52. The second-order valence-electron chi connectivity index (χ2n) is 3.60. The molecule has 15 heavy (non-hydrogen) atoms. The van der Waals surface area contributed by atoms with Crippen molar-refractivity contribution in [2.75, 3.05) is 13.1 Å². The number of rotatable bonds is 4. The molecule has 7 heteroatoms. The molecule has 0 aromatic heterocycles. The van der Waals surface area contributed by atoms with Gasteiger partial charge < -0.3 is 5.11 Å². The number of sulfonamides is 1. The van der Waals surface area contributed by atoms with Crippen LogP contribution in [0.25, 0.3) is 0 Å². The van der Waals surface area contributed by atoms with Gasteiger partial charge in [0.1, 0.15) is 0 Å².